The minimum atomic E-state index is 0.169. The second-order valence-corrected chi connectivity index (χ2v) is 5.89. The van der Waals surface area contributed by atoms with Crippen LogP contribution in [-0.2, 0) is 0 Å². The zero-order chi connectivity index (χ0) is 13.8. The molecule has 3 nitrogen and oxygen atoms in total. The van der Waals surface area contributed by atoms with Crippen LogP contribution in [0.2, 0.25) is 0 Å². The molecular weight excluding hydrogens is 246 g/mol. The Labute approximate surface area is 120 Å². The Morgan fingerprint density at radius 2 is 1.90 bits per heavy atom. The number of fused-ring (bicyclic) bond motifs is 1. The predicted molar refractivity (Wildman–Crippen MR) is 83.0 cm³/mol. The summed E-state index contributed by atoms with van der Waals surface area (Å²) in [5, 5.41) is 1.18. The molecule has 20 heavy (non-hydrogen) atoms. The fourth-order valence-electron chi connectivity index (χ4n) is 3.31. The van der Waals surface area contributed by atoms with Gasteiger partial charge in [0.15, 0.2) is 0 Å². The lowest BCUT2D eigenvalue weighted by Gasteiger charge is -2.26. The first-order chi connectivity index (χ1) is 9.86. The Morgan fingerprint density at radius 3 is 2.70 bits per heavy atom. The van der Waals surface area contributed by atoms with Crippen molar-refractivity contribution in [3.63, 3.8) is 0 Å². The Hall–Kier alpha value is -1.45. The standard InChI is InChI=1S/C17H23N3/c18-20-17(12-13-6-2-1-3-7-13)16-11-10-14-8-4-5-9-15(14)19-16/h4-5,8-11,13,17,20H,1-3,6-7,12,18H2. The van der Waals surface area contributed by atoms with E-state index < -0.39 is 0 Å². The molecule has 3 heteroatoms. The molecule has 1 aromatic carbocycles. The molecule has 1 aromatic heterocycles. The number of pyridine rings is 1. The maximum absolute atomic E-state index is 5.78. The van der Waals surface area contributed by atoms with Crippen LogP contribution in [-0.4, -0.2) is 4.98 Å². The summed E-state index contributed by atoms with van der Waals surface area (Å²) in [6, 6.07) is 12.7. The van der Waals surface area contributed by atoms with E-state index in [0.717, 1.165) is 23.5 Å². The lowest BCUT2D eigenvalue weighted by atomic mass is 9.84. The van der Waals surface area contributed by atoms with Crippen molar-refractivity contribution in [1.82, 2.24) is 10.4 Å². The molecule has 0 bridgehead atoms. The molecule has 1 aliphatic rings. The number of benzene rings is 1. The molecule has 0 aliphatic heterocycles. The summed E-state index contributed by atoms with van der Waals surface area (Å²) in [7, 11) is 0. The van der Waals surface area contributed by atoms with Gasteiger partial charge in [0.05, 0.1) is 17.3 Å². The number of hydrogen-bond acceptors (Lipinski definition) is 3. The first kappa shape index (κ1) is 13.5. The van der Waals surface area contributed by atoms with Gasteiger partial charge in [-0.15, -0.1) is 0 Å². The molecule has 1 saturated carbocycles. The highest BCUT2D eigenvalue weighted by Gasteiger charge is 2.20. The highest BCUT2D eigenvalue weighted by molar-refractivity contribution is 5.78. The third-order valence-corrected chi connectivity index (χ3v) is 4.47. The molecule has 0 radical (unpaired) electrons. The fraction of sp³-hybridized carbons (Fsp3) is 0.471. The second-order valence-electron chi connectivity index (χ2n) is 5.89. The number of rotatable bonds is 4. The van der Waals surface area contributed by atoms with Gasteiger partial charge in [-0.1, -0.05) is 56.4 Å². The van der Waals surface area contributed by atoms with E-state index in [0.29, 0.717) is 0 Å². The topological polar surface area (TPSA) is 50.9 Å². The highest BCUT2D eigenvalue weighted by Crippen LogP contribution is 2.31. The number of nitrogens with one attached hydrogen (secondary N) is 1. The van der Waals surface area contributed by atoms with E-state index in [4.69, 9.17) is 10.8 Å². The van der Waals surface area contributed by atoms with Crippen LogP contribution in [0, 0.1) is 5.92 Å². The van der Waals surface area contributed by atoms with E-state index in [1.807, 2.05) is 12.1 Å². The van der Waals surface area contributed by atoms with Gasteiger partial charge in [-0.2, -0.15) is 0 Å². The minimum absolute atomic E-state index is 0.169. The van der Waals surface area contributed by atoms with Gasteiger partial charge in [-0.3, -0.25) is 16.3 Å². The van der Waals surface area contributed by atoms with Crippen molar-refractivity contribution in [1.29, 1.82) is 0 Å². The first-order valence-electron chi connectivity index (χ1n) is 7.68. The van der Waals surface area contributed by atoms with Crippen LogP contribution in [0.4, 0.5) is 0 Å². The quantitative estimate of drug-likeness (QED) is 0.657. The maximum Gasteiger partial charge on any atom is 0.0706 e. The SMILES string of the molecule is NNC(CC1CCCCC1)c1ccc2ccccc2n1. The highest BCUT2D eigenvalue weighted by atomic mass is 15.2. The normalized spacial score (nSPS) is 18.2. The molecule has 0 saturated heterocycles. The van der Waals surface area contributed by atoms with Crippen molar-refractivity contribution >= 4 is 10.9 Å². The van der Waals surface area contributed by atoms with E-state index in [1.54, 1.807) is 0 Å². The van der Waals surface area contributed by atoms with Crippen LogP contribution in [0.25, 0.3) is 10.9 Å². The lowest BCUT2D eigenvalue weighted by Crippen LogP contribution is -2.30. The van der Waals surface area contributed by atoms with E-state index in [2.05, 4.69) is 29.7 Å². The summed E-state index contributed by atoms with van der Waals surface area (Å²) >= 11 is 0. The molecule has 1 fully saturated rings. The van der Waals surface area contributed by atoms with Crippen LogP contribution >= 0.6 is 0 Å². The molecule has 1 aliphatic carbocycles. The van der Waals surface area contributed by atoms with Gasteiger partial charge >= 0.3 is 0 Å². The zero-order valence-corrected chi connectivity index (χ0v) is 11.9. The molecule has 0 amide bonds. The molecule has 3 rings (SSSR count). The molecule has 106 valence electrons. The summed E-state index contributed by atoms with van der Waals surface area (Å²) in [6.45, 7) is 0. The Bertz CT molecular complexity index is 561. The van der Waals surface area contributed by atoms with Gasteiger partial charge in [0.2, 0.25) is 0 Å². The van der Waals surface area contributed by atoms with Crippen molar-refractivity contribution in [2.24, 2.45) is 11.8 Å². The minimum Gasteiger partial charge on any atom is -0.271 e. The van der Waals surface area contributed by atoms with Gasteiger partial charge in [0.25, 0.3) is 0 Å². The molecule has 0 spiro atoms. The third-order valence-electron chi connectivity index (χ3n) is 4.47. The Balaban J connectivity index is 1.79. The molecule has 2 aromatic rings. The number of para-hydroxylation sites is 1. The van der Waals surface area contributed by atoms with Crippen molar-refractivity contribution in [3.05, 3.63) is 42.1 Å². The summed E-state index contributed by atoms with van der Waals surface area (Å²) in [4.78, 5) is 4.77. The smallest absolute Gasteiger partial charge is 0.0706 e. The summed E-state index contributed by atoms with van der Waals surface area (Å²) in [5.74, 6) is 6.57. The first-order valence-corrected chi connectivity index (χ1v) is 7.68. The molecular formula is C17H23N3. The van der Waals surface area contributed by atoms with Gasteiger partial charge < -0.3 is 0 Å². The molecule has 1 atom stereocenters. The van der Waals surface area contributed by atoms with Crippen molar-refractivity contribution in [3.8, 4) is 0 Å². The summed E-state index contributed by atoms with van der Waals surface area (Å²) in [5.41, 5.74) is 5.08. The van der Waals surface area contributed by atoms with Gasteiger partial charge in [-0.05, 0) is 24.5 Å². The number of aromatic nitrogens is 1. The summed E-state index contributed by atoms with van der Waals surface area (Å²) < 4.78 is 0. The molecule has 3 N–H and O–H groups in total. The van der Waals surface area contributed by atoms with Crippen molar-refractivity contribution < 1.29 is 0 Å². The number of hydrazine groups is 1. The maximum atomic E-state index is 5.78. The number of hydrogen-bond donors (Lipinski definition) is 2. The van der Waals surface area contributed by atoms with E-state index in [9.17, 15) is 0 Å². The average Bonchev–Trinajstić information content (AvgIpc) is 2.53. The molecule has 1 heterocycles. The number of nitrogens with zero attached hydrogens (tertiary/aromatic N) is 1. The number of nitrogens with two attached hydrogens (primary N) is 1. The molecule has 1 unspecified atom stereocenters. The van der Waals surface area contributed by atoms with Gasteiger partial charge in [0.1, 0.15) is 0 Å². The zero-order valence-electron chi connectivity index (χ0n) is 11.9. The van der Waals surface area contributed by atoms with E-state index in [1.165, 1.54) is 37.5 Å². The van der Waals surface area contributed by atoms with Crippen LogP contribution in [0.1, 0.15) is 50.3 Å². The van der Waals surface area contributed by atoms with Gasteiger partial charge in [0, 0.05) is 5.39 Å². The monoisotopic (exact) mass is 269 g/mol. The summed E-state index contributed by atoms with van der Waals surface area (Å²) in [6.07, 6.45) is 7.91. The Kier molecular flexibility index (Phi) is 4.28. The van der Waals surface area contributed by atoms with Crippen molar-refractivity contribution in [2.75, 3.05) is 0 Å². The van der Waals surface area contributed by atoms with E-state index in [-0.39, 0.29) is 6.04 Å². The third kappa shape index (κ3) is 3.00. The van der Waals surface area contributed by atoms with Gasteiger partial charge in [-0.25, -0.2) is 0 Å². The predicted octanol–water partition coefficient (Wildman–Crippen LogP) is 3.71. The Morgan fingerprint density at radius 1 is 1.10 bits per heavy atom. The van der Waals surface area contributed by atoms with Crippen LogP contribution < -0.4 is 11.3 Å². The van der Waals surface area contributed by atoms with E-state index >= 15 is 0 Å². The average molecular weight is 269 g/mol. The lowest BCUT2D eigenvalue weighted by molar-refractivity contribution is 0.299. The largest absolute Gasteiger partial charge is 0.271 e. The van der Waals surface area contributed by atoms with Crippen LogP contribution in [0.5, 0.6) is 0 Å². The second kappa shape index (κ2) is 6.33. The van der Waals surface area contributed by atoms with Crippen LogP contribution in [0.15, 0.2) is 36.4 Å². The van der Waals surface area contributed by atoms with Crippen LogP contribution in [0.3, 0.4) is 0 Å². The fourth-order valence-corrected chi connectivity index (χ4v) is 3.31. The van der Waals surface area contributed by atoms with Crippen molar-refractivity contribution in [2.45, 2.75) is 44.6 Å².